The molecule has 9 heavy (non-hydrogen) atoms. The maximum Gasteiger partial charge on any atom is 0.0700 e. The number of aliphatic hydroxyl groups is 2. The number of aliphatic hydroxyl groups excluding tert-OH is 2. The standard InChI is InChI=1S/C6H13ClO2/c1-2-5(8)3-6(9)4-7/h5-6,8-9H,2-4H2,1H3. The smallest absolute Gasteiger partial charge is 0.0700 e. The van der Waals surface area contributed by atoms with Gasteiger partial charge in [0.15, 0.2) is 0 Å². The van der Waals surface area contributed by atoms with E-state index in [9.17, 15) is 0 Å². The SMILES string of the molecule is CCC(O)CC(O)CCl. The highest BCUT2D eigenvalue weighted by atomic mass is 35.5. The van der Waals surface area contributed by atoms with E-state index in [1.165, 1.54) is 0 Å². The molecule has 0 aliphatic carbocycles. The van der Waals surface area contributed by atoms with Crippen LogP contribution in [0.4, 0.5) is 0 Å². The summed E-state index contributed by atoms with van der Waals surface area (Å²) < 4.78 is 0. The van der Waals surface area contributed by atoms with Crippen LogP contribution in [0.1, 0.15) is 19.8 Å². The van der Waals surface area contributed by atoms with Crippen LogP contribution in [0.5, 0.6) is 0 Å². The average molecular weight is 153 g/mol. The molecule has 0 saturated carbocycles. The van der Waals surface area contributed by atoms with Crippen LogP contribution in [0.15, 0.2) is 0 Å². The summed E-state index contributed by atoms with van der Waals surface area (Å²) in [5.74, 6) is 0.205. The predicted octanol–water partition coefficient (Wildman–Crippen LogP) is 0.747. The lowest BCUT2D eigenvalue weighted by Gasteiger charge is -2.10. The summed E-state index contributed by atoms with van der Waals surface area (Å²) in [7, 11) is 0. The molecule has 2 atom stereocenters. The van der Waals surface area contributed by atoms with E-state index in [1.807, 2.05) is 6.92 Å². The first kappa shape index (κ1) is 9.21. The Morgan fingerprint density at radius 2 is 1.89 bits per heavy atom. The minimum atomic E-state index is -0.554. The fraction of sp³-hybridized carbons (Fsp3) is 1.00. The molecule has 0 aromatic rings. The Balaban J connectivity index is 3.22. The molecule has 0 aliphatic heterocycles. The summed E-state index contributed by atoms with van der Waals surface area (Å²) >= 11 is 5.29. The van der Waals surface area contributed by atoms with Crippen molar-refractivity contribution in [3.63, 3.8) is 0 Å². The van der Waals surface area contributed by atoms with Gasteiger partial charge in [0.25, 0.3) is 0 Å². The summed E-state index contributed by atoms with van der Waals surface area (Å²) in [5.41, 5.74) is 0. The van der Waals surface area contributed by atoms with Gasteiger partial charge >= 0.3 is 0 Å². The monoisotopic (exact) mass is 152 g/mol. The van der Waals surface area contributed by atoms with Gasteiger partial charge in [-0.05, 0) is 6.42 Å². The van der Waals surface area contributed by atoms with Crippen molar-refractivity contribution in [2.45, 2.75) is 32.0 Å². The molecule has 2 N–H and O–H groups in total. The van der Waals surface area contributed by atoms with E-state index in [-0.39, 0.29) is 5.88 Å². The Bertz CT molecular complexity index is 60.1. The van der Waals surface area contributed by atoms with Crippen LogP contribution in [-0.4, -0.2) is 28.3 Å². The van der Waals surface area contributed by atoms with Crippen molar-refractivity contribution in [2.24, 2.45) is 0 Å². The molecule has 56 valence electrons. The van der Waals surface area contributed by atoms with Crippen molar-refractivity contribution in [3.05, 3.63) is 0 Å². The topological polar surface area (TPSA) is 40.5 Å². The molecule has 0 aliphatic rings. The summed E-state index contributed by atoms with van der Waals surface area (Å²) in [6.07, 6.45) is 0.105. The quantitative estimate of drug-likeness (QED) is 0.584. The van der Waals surface area contributed by atoms with Crippen molar-refractivity contribution < 1.29 is 10.2 Å². The van der Waals surface area contributed by atoms with E-state index in [4.69, 9.17) is 21.8 Å². The highest BCUT2D eigenvalue weighted by molar-refractivity contribution is 6.18. The number of alkyl halides is 1. The molecule has 0 radical (unpaired) electrons. The maximum atomic E-state index is 8.94. The van der Waals surface area contributed by atoms with E-state index in [0.29, 0.717) is 12.8 Å². The minimum Gasteiger partial charge on any atom is -0.393 e. The maximum absolute atomic E-state index is 8.94. The second-order valence-electron chi connectivity index (χ2n) is 2.11. The molecule has 0 aromatic carbocycles. The van der Waals surface area contributed by atoms with E-state index < -0.39 is 12.2 Å². The molecule has 0 heterocycles. The molecular formula is C6H13ClO2. The molecule has 0 amide bonds. The molecule has 0 rings (SSSR count). The van der Waals surface area contributed by atoms with Gasteiger partial charge in [-0.3, -0.25) is 0 Å². The third kappa shape index (κ3) is 4.70. The molecule has 3 heteroatoms. The zero-order valence-electron chi connectivity index (χ0n) is 5.55. The van der Waals surface area contributed by atoms with Gasteiger partial charge in [-0.2, -0.15) is 0 Å². The first-order valence-electron chi connectivity index (χ1n) is 3.12. The van der Waals surface area contributed by atoms with Crippen LogP contribution < -0.4 is 0 Å². The van der Waals surface area contributed by atoms with Crippen molar-refractivity contribution in [2.75, 3.05) is 5.88 Å². The first-order valence-corrected chi connectivity index (χ1v) is 3.66. The van der Waals surface area contributed by atoms with Crippen molar-refractivity contribution in [3.8, 4) is 0 Å². The van der Waals surface area contributed by atoms with Crippen molar-refractivity contribution in [1.82, 2.24) is 0 Å². The van der Waals surface area contributed by atoms with Crippen molar-refractivity contribution in [1.29, 1.82) is 0 Å². The van der Waals surface area contributed by atoms with Gasteiger partial charge in [-0.25, -0.2) is 0 Å². The summed E-state index contributed by atoms with van der Waals surface area (Å²) in [6, 6.07) is 0. The fourth-order valence-corrected chi connectivity index (χ4v) is 0.670. The Labute approximate surface area is 60.5 Å². The Morgan fingerprint density at radius 1 is 1.33 bits per heavy atom. The Morgan fingerprint density at radius 3 is 2.22 bits per heavy atom. The van der Waals surface area contributed by atoms with Crippen LogP contribution in [0.3, 0.4) is 0 Å². The van der Waals surface area contributed by atoms with Gasteiger partial charge in [0.05, 0.1) is 12.2 Å². The minimum absolute atomic E-state index is 0.205. The van der Waals surface area contributed by atoms with Gasteiger partial charge in [0.2, 0.25) is 0 Å². The van der Waals surface area contributed by atoms with Crippen LogP contribution in [0, 0.1) is 0 Å². The molecule has 0 fully saturated rings. The lowest BCUT2D eigenvalue weighted by atomic mass is 10.1. The predicted molar refractivity (Wildman–Crippen MR) is 37.6 cm³/mol. The lowest BCUT2D eigenvalue weighted by Crippen LogP contribution is -2.17. The summed E-state index contributed by atoms with van der Waals surface area (Å²) in [6.45, 7) is 1.87. The largest absolute Gasteiger partial charge is 0.393 e. The van der Waals surface area contributed by atoms with Gasteiger partial charge in [-0.1, -0.05) is 6.92 Å². The summed E-state index contributed by atoms with van der Waals surface area (Å²) in [5, 5.41) is 17.8. The highest BCUT2D eigenvalue weighted by Crippen LogP contribution is 2.02. The zero-order valence-corrected chi connectivity index (χ0v) is 6.30. The zero-order chi connectivity index (χ0) is 7.28. The van der Waals surface area contributed by atoms with Crippen LogP contribution in [0.2, 0.25) is 0 Å². The average Bonchev–Trinajstić information content (AvgIpc) is 1.87. The lowest BCUT2D eigenvalue weighted by molar-refractivity contribution is 0.0899. The number of hydrogen-bond acceptors (Lipinski definition) is 2. The van der Waals surface area contributed by atoms with E-state index in [0.717, 1.165) is 0 Å². The number of halogens is 1. The van der Waals surface area contributed by atoms with Gasteiger partial charge in [-0.15, -0.1) is 11.6 Å². The van der Waals surface area contributed by atoms with E-state index in [2.05, 4.69) is 0 Å². The number of rotatable bonds is 4. The highest BCUT2D eigenvalue weighted by Gasteiger charge is 2.07. The molecule has 0 aromatic heterocycles. The van der Waals surface area contributed by atoms with Gasteiger partial charge in [0.1, 0.15) is 0 Å². The number of hydrogen-bond donors (Lipinski definition) is 2. The van der Waals surface area contributed by atoms with Crippen LogP contribution in [0.25, 0.3) is 0 Å². The summed E-state index contributed by atoms with van der Waals surface area (Å²) in [4.78, 5) is 0. The van der Waals surface area contributed by atoms with Gasteiger partial charge < -0.3 is 10.2 Å². The second kappa shape index (κ2) is 5.03. The fourth-order valence-electron chi connectivity index (χ4n) is 0.544. The van der Waals surface area contributed by atoms with Crippen molar-refractivity contribution >= 4 is 11.6 Å². The molecular weight excluding hydrogens is 140 g/mol. The molecule has 0 bridgehead atoms. The Kier molecular flexibility index (Phi) is 5.15. The van der Waals surface area contributed by atoms with E-state index in [1.54, 1.807) is 0 Å². The Hall–Kier alpha value is 0.210. The molecule has 0 saturated heterocycles. The van der Waals surface area contributed by atoms with E-state index >= 15 is 0 Å². The first-order chi connectivity index (χ1) is 4.20. The van der Waals surface area contributed by atoms with Crippen LogP contribution in [-0.2, 0) is 0 Å². The molecule has 0 spiro atoms. The third-order valence-corrected chi connectivity index (χ3v) is 1.55. The molecule has 2 unspecified atom stereocenters. The third-order valence-electron chi connectivity index (χ3n) is 1.19. The van der Waals surface area contributed by atoms with Crippen LogP contribution >= 0.6 is 11.6 Å². The normalized spacial score (nSPS) is 17.3. The molecule has 2 nitrogen and oxygen atoms in total. The van der Waals surface area contributed by atoms with Gasteiger partial charge in [0, 0.05) is 12.3 Å². The second-order valence-corrected chi connectivity index (χ2v) is 2.41.